The zero-order chi connectivity index (χ0) is 22.2. The molecule has 2 N–H and O–H groups in total. The largest absolute Gasteiger partial charge is 0.385 e. The molecule has 31 heavy (non-hydrogen) atoms. The molecule has 3 rings (SSSR count). The van der Waals surface area contributed by atoms with Gasteiger partial charge in [0.15, 0.2) is 0 Å². The second kappa shape index (κ2) is 10.5. The van der Waals surface area contributed by atoms with Gasteiger partial charge in [-0.1, -0.05) is 24.3 Å². The first-order valence-corrected chi connectivity index (χ1v) is 10.3. The van der Waals surface area contributed by atoms with Gasteiger partial charge in [0.05, 0.1) is 23.5 Å². The number of amides is 2. The lowest BCUT2D eigenvalue weighted by molar-refractivity contribution is 0.0949. The Bertz CT molecular complexity index is 1040. The molecule has 0 aliphatic carbocycles. The second-order valence-electron chi connectivity index (χ2n) is 7.38. The maximum Gasteiger partial charge on any atom is 0.255 e. The van der Waals surface area contributed by atoms with E-state index in [1.807, 2.05) is 36.7 Å². The quantitative estimate of drug-likeness (QED) is 0.518. The number of methoxy groups -OCH3 is 1. The van der Waals surface area contributed by atoms with Crippen LogP contribution in [-0.2, 0) is 11.3 Å². The molecule has 2 aromatic carbocycles. The molecule has 3 aromatic rings. The van der Waals surface area contributed by atoms with Crippen molar-refractivity contribution in [2.75, 3.05) is 25.6 Å². The average molecular weight is 421 g/mol. The van der Waals surface area contributed by atoms with E-state index < -0.39 is 0 Å². The monoisotopic (exact) mass is 420 g/mol. The minimum atomic E-state index is -0.266. The molecule has 1 aromatic heterocycles. The summed E-state index contributed by atoms with van der Waals surface area (Å²) < 4.78 is 6.93. The van der Waals surface area contributed by atoms with Crippen LogP contribution < -0.4 is 10.6 Å². The fourth-order valence-corrected chi connectivity index (χ4v) is 3.27. The van der Waals surface area contributed by atoms with Gasteiger partial charge in [0.1, 0.15) is 0 Å². The Morgan fingerprint density at radius 2 is 1.77 bits per heavy atom. The number of anilines is 1. The predicted octanol–water partition coefficient (Wildman–Crippen LogP) is 3.57. The molecule has 0 spiro atoms. The molecule has 0 saturated heterocycles. The number of carbonyl (C=O) groups is 2. The maximum absolute atomic E-state index is 12.7. The van der Waals surface area contributed by atoms with Crippen LogP contribution >= 0.6 is 0 Å². The summed E-state index contributed by atoms with van der Waals surface area (Å²) in [4.78, 5) is 25.2. The second-order valence-corrected chi connectivity index (χ2v) is 7.38. The normalized spacial score (nSPS) is 10.7. The van der Waals surface area contributed by atoms with Gasteiger partial charge in [-0.15, -0.1) is 0 Å². The van der Waals surface area contributed by atoms with Crippen molar-refractivity contribution in [1.82, 2.24) is 15.1 Å². The summed E-state index contributed by atoms with van der Waals surface area (Å²) in [5.41, 5.74) is 4.55. The van der Waals surface area contributed by atoms with E-state index >= 15 is 0 Å². The van der Waals surface area contributed by atoms with Crippen molar-refractivity contribution in [3.8, 4) is 0 Å². The minimum absolute atomic E-state index is 0.229. The van der Waals surface area contributed by atoms with Crippen LogP contribution in [-0.4, -0.2) is 41.9 Å². The van der Waals surface area contributed by atoms with E-state index in [0.29, 0.717) is 36.5 Å². The smallest absolute Gasteiger partial charge is 0.255 e. The fourth-order valence-electron chi connectivity index (χ4n) is 3.27. The van der Waals surface area contributed by atoms with Gasteiger partial charge in [0.25, 0.3) is 11.8 Å². The number of ether oxygens (including phenoxy) is 1. The van der Waals surface area contributed by atoms with Crippen molar-refractivity contribution in [2.24, 2.45) is 0 Å². The van der Waals surface area contributed by atoms with Gasteiger partial charge in [-0.05, 0) is 56.2 Å². The summed E-state index contributed by atoms with van der Waals surface area (Å²) in [5, 5.41) is 10.2. The summed E-state index contributed by atoms with van der Waals surface area (Å²) in [6, 6.07) is 16.4. The highest BCUT2D eigenvalue weighted by Crippen LogP contribution is 2.17. The topological polar surface area (TPSA) is 85.3 Å². The number of nitrogens with one attached hydrogen (secondary N) is 2. The first kappa shape index (κ1) is 22.2. The maximum atomic E-state index is 12.7. The molecular formula is C24H28N4O3. The lowest BCUT2D eigenvalue weighted by Crippen LogP contribution is -2.26. The van der Waals surface area contributed by atoms with Crippen LogP contribution in [0.25, 0.3) is 0 Å². The third-order valence-corrected chi connectivity index (χ3v) is 4.88. The number of carbonyl (C=O) groups excluding carboxylic acids is 2. The summed E-state index contributed by atoms with van der Waals surface area (Å²) in [5.74, 6) is -0.496. The summed E-state index contributed by atoms with van der Waals surface area (Å²) in [6.07, 6.45) is 0.723. The van der Waals surface area contributed by atoms with Crippen LogP contribution in [0.15, 0.2) is 54.6 Å². The molecule has 0 aliphatic rings. The van der Waals surface area contributed by atoms with Gasteiger partial charge in [0, 0.05) is 31.5 Å². The van der Waals surface area contributed by atoms with Crippen LogP contribution in [0.3, 0.4) is 0 Å². The third kappa shape index (κ3) is 6.02. The van der Waals surface area contributed by atoms with E-state index in [0.717, 1.165) is 23.4 Å². The molecule has 0 saturated carbocycles. The number of rotatable bonds is 9. The average Bonchev–Trinajstić information content (AvgIpc) is 3.08. The zero-order valence-electron chi connectivity index (χ0n) is 18.1. The molecule has 0 fully saturated rings. The van der Waals surface area contributed by atoms with Crippen molar-refractivity contribution >= 4 is 17.5 Å². The predicted molar refractivity (Wildman–Crippen MR) is 120 cm³/mol. The minimum Gasteiger partial charge on any atom is -0.385 e. The van der Waals surface area contributed by atoms with Gasteiger partial charge < -0.3 is 15.4 Å². The van der Waals surface area contributed by atoms with E-state index in [-0.39, 0.29) is 11.8 Å². The van der Waals surface area contributed by atoms with Crippen molar-refractivity contribution in [2.45, 2.75) is 26.8 Å². The number of aryl methyl sites for hydroxylation is 2. The highest BCUT2D eigenvalue weighted by atomic mass is 16.5. The lowest BCUT2D eigenvalue weighted by Gasteiger charge is -2.12. The van der Waals surface area contributed by atoms with E-state index in [9.17, 15) is 9.59 Å². The molecular weight excluding hydrogens is 392 g/mol. The van der Waals surface area contributed by atoms with Crippen LogP contribution in [0.1, 0.15) is 44.1 Å². The molecule has 0 aliphatic heterocycles. The number of hydrogen-bond acceptors (Lipinski definition) is 4. The molecule has 1 heterocycles. The number of benzene rings is 2. The Morgan fingerprint density at radius 1 is 1.03 bits per heavy atom. The highest BCUT2D eigenvalue weighted by Gasteiger charge is 2.14. The first-order chi connectivity index (χ1) is 15.0. The van der Waals surface area contributed by atoms with Crippen molar-refractivity contribution in [1.29, 1.82) is 0 Å². The molecule has 2 amide bonds. The van der Waals surface area contributed by atoms with Gasteiger partial charge >= 0.3 is 0 Å². The van der Waals surface area contributed by atoms with E-state index in [1.165, 1.54) is 0 Å². The van der Waals surface area contributed by atoms with E-state index in [2.05, 4.69) is 15.7 Å². The molecule has 162 valence electrons. The van der Waals surface area contributed by atoms with Crippen LogP contribution in [0, 0.1) is 13.8 Å². The Balaban J connectivity index is 1.65. The Kier molecular flexibility index (Phi) is 7.56. The Labute approximate surface area is 182 Å². The highest BCUT2D eigenvalue weighted by molar-refractivity contribution is 6.09. The van der Waals surface area contributed by atoms with E-state index in [1.54, 1.807) is 43.5 Å². The van der Waals surface area contributed by atoms with Gasteiger partial charge in [0.2, 0.25) is 0 Å². The number of para-hydroxylation sites is 1. The third-order valence-electron chi connectivity index (χ3n) is 4.88. The number of nitrogens with zero attached hydrogens (tertiary/aromatic N) is 2. The van der Waals surface area contributed by atoms with Crippen molar-refractivity contribution < 1.29 is 14.3 Å². The Hall–Kier alpha value is -3.45. The summed E-state index contributed by atoms with van der Waals surface area (Å²) >= 11 is 0. The summed E-state index contributed by atoms with van der Waals surface area (Å²) in [7, 11) is 1.62. The molecule has 7 heteroatoms. The summed E-state index contributed by atoms with van der Waals surface area (Å²) in [6.45, 7) is 5.72. The van der Waals surface area contributed by atoms with Gasteiger partial charge in [-0.2, -0.15) is 5.10 Å². The fraction of sp³-hybridized carbons (Fsp3) is 0.292. The first-order valence-electron chi connectivity index (χ1n) is 10.3. The van der Waals surface area contributed by atoms with Crippen LogP contribution in [0.2, 0.25) is 0 Å². The molecule has 0 radical (unpaired) electrons. The van der Waals surface area contributed by atoms with Crippen LogP contribution in [0.4, 0.5) is 5.69 Å². The Morgan fingerprint density at radius 3 is 2.45 bits per heavy atom. The standard InChI is InChI=1S/C24H28N4O3/c1-17-15-18(2)28(27-17)16-19-9-11-20(12-10-19)23(29)26-22-8-5-4-7-21(22)24(30)25-13-6-14-31-3/h4-5,7-12,15H,6,13-14,16H2,1-3H3,(H,25,30)(H,26,29). The SMILES string of the molecule is COCCCNC(=O)c1ccccc1NC(=O)c1ccc(Cn2nc(C)cc2C)cc1. The van der Waals surface area contributed by atoms with Crippen molar-refractivity contribution in [3.63, 3.8) is 0 Å². The van der Waals surface area contributed by atoms with Crippen molar-refractivity contribution in [3.05, 3.63) is 82.7 Å². The molecule has 0 bridgehead atoms. The van der Waals surface area contributed by atoms with Crippen LogP contribution in [0.5, 0.6) is 0 Å². The van der Waals surface area contributed by atoms with Gasteiger partial charge in [-0.3, -0.25) is 14.3 Å². The molecule has 7 nitrogen and oxygen atoms in total. The number of aromatic nitrogens is 2. The molecule has 0 unspecified atom stereocenters. The molecule has 0 atom stereocenters. The van der Waals surface area contributed by atoms with E-state index in [4.69, 9.17) is 4.74 Å². The van der Waals surface area contributed by atoms with Gasteiger partial charge in [-0.25, -0.2) is 0 Å². The number of hydrogen-bond donors (Lipinski definition) is 2. The lowest BCUT2D eigenvalue weighted by atomic mass is 10.1. The zero-order valence-corrected chi connectivity index (χ0v) is 18.1.